The molecule has 3 heterocycles. The number of nitriles is 1. The van der Waals surface area contributed by atoms with Gasteiger partial charge in [0.2, 0.25) is 0 Å². The van der Waals surface area contributed by atoms with Crippen LogP contribution in [0.15, 0.2) is 48.8 Å². The van der Waals surface area contributed by atoms with Crippen LogP contribution in [0.2, 0.25) is 0 Å². The number of benzene rings is 1. The molecule has 1 saturated heterocycles. The summed E-state index contributed by atoms with van der Waals surface area (Å²) in [5.41, 5.74) is 0.340. The first-order valence-electron chi connectivity index (χ1n) is 12.7. The predicted octanol–water partition coefficient (Wildman–Crippen LogP) is 5.51. The minimum Gasteiger partial charge on any atom is -0.443 e. The van der Waals surface area contributed by atoms with Crippen LogP contribution in [-0.2, 0) is 21.5 Å². The second kappa shape index (κ2) is 8.69. The van der Waals surface area contributed by atoms with Crippen LogP contribution >= 0.6 is 0 Å². The van der Waals surface area contributed by atoms with Gasteiger partial charge in [-0.15, -0.1) is 0 Å². The number of nitrogens with zero attached hydrogens (tertiary/aromatic N) is 5. The van der Waals surface area contributed by atoms with Crippen molar-refractivity contribution in [1.82, 2.24) is 14.5 Å². The lowest BCUT2D eigenvalue weighted by Gasteiger charge is -2.35. The van der Waals surface area contributed by atoms with Gasteiger partial charge in [0, 0.05) is 24.3 Å². The number of hydrogen-bond acceptors (Lipinski definition) is 6. The Morgan fingerprint density at radius 3 is 2.37 bits per heavy atom. The van der Waals surface area contributed by atoms with Crippen molar-refractivity contribution >= 4 is 34.8 Å². The third kappa shape index (κ3) is 4.01. The standard InChI is InChI=1S/C29H31N5O4/c1-27(2,3)38-26(37)32-16-12-22-19(11-15-31-23(22)32)17-33-25(36)34(24(35)28(33,4)5)21-9-7-20(8-10-21)29(18-30)13-6-14-29/h7-12,15-16H,6,13-14,17H2,1-5H3. The first kappa shape index (κ1) is 25.5. The Bertz CT molecular complexity index is 1490. The number of ether oxygens (including phenoxy) is 1. The van der Waals surface area contributed by atoms with E-state index in [1.807, 2.05) is 12.1 Å². The van der Waals surface area contributed by atoms with E-state index in [2.05, 4.69) is 11.1 Å². The quantitative estimate of drug-likeness (QED) is 0.426. The highest BCUT2D eigenvalue weighted by atomic mass is 16.6. The number of urea groups is 1. The Morgan fingerprint density at radius 1 is 1.11 bits per heavy atom. The van der Waals surface area contributed by atoms with Crippen LogP contribution in [0, 0.1) is 11.3 Å². The number of hydrogen-bond donors (Lipinski definition) is 0. The van der Waals surface area contributed by atoms with E-state index in [0.717, 1.165) is 30.4 Å². The average molecular weight is 514 g/mol. The smallest absolute Gasteiger partial charge is 0.420 e. The number of fused-ring (bicyclic) bond motifs is 1. The van der Waals surface area contributed by atoms with E-state index in [9.17, 15) is 19.6 Å². The zero-order valence-corrected chi connectivity index (χ0v) is 22.3. The van der Waals surface area contributed by atoms with Gasteiger partial charge >= 0.3 is 12.1 Å². The molecule has 0 bridgehead atoms. The van der Waals surface area contributed by atoms with E-state index < -0.39 is 28.7 Å². The highest BCUT2D eigenvalue weighted by Gasteiger charge is 2.52. The summed E-state index contributed by atoms with van der Waals surface area (Å²) < 4.78 is 6.83. The highest BCUT2D eigenvalue weighted by Crippen LogP contribution is 2.44. The molecule has 1 aromatic carbocycles. The molecular formula is C29H31N5O4. The summed E-state index contributed by atoms with van der Waals surface area (Å²) in [6.45, 7) is 8.99. The minimum atomic E-state index is -1.10. The number of rotatable bonds is 4. The summed E-state index contributed by atoms with van der Waals surface area (Å²) in [5, 5.41) is 10.3. The Labute approximate surface area is 221 Å². The number of imide groups is 1. The largest absolute Gasteiger partial charge is 0.443 e. The molecule has 2 fully saturated rings. The zero-order valence-electron chi connectivity index (χ0n) is 22.3. The van der Waals surface area contributed by atoms with Gasteiger partial charge in [0.1, 0.15) is 16.8 Å². The number of carbonyl (C=O) groups is 3. The maximum absolute atomic E-state index is 13.6. The number of anilines is 1. The van der Waals surface area contributed by atoms with Gasteiger partial charge in [0.05, 0.1) is 17.2 Å². The molecular weight excluding hydrogens is 482 g/mol. The van der Waals surface area contributed by atoms with Gasteiger partial charge < -0.3 is 9.64 Å². The molecule has 196 valence electrons. The Hall–Kier alpha value is -4.19. The van der Waals surface area contributed by atoms with E-state index in [4.69, 9.17) is 4.74 Å². The van der Waals surface area contributed by atoms with E-state index in [1.165, 1.54) is 14.4 Å². The SMILES string of the molecule is CC(C)(C)OC(=O)n1ccc2c(CN3C(=O)N(c4ccc(C5(C#N)CCC5)cc4)C(=O)C3(C)C)ccnc21. The first-order chi connectivity index (χ1) is 17.9. The van der Waals surface area contributed by atoms with Gasteiger partial charge in [-0.1, -0.05) is 12.1 Å². The van der Waals surface area contributed by atoms with E-state index in [-0.39, 0.29) is 12.5 Å². The molecule has 3 aromatic rings. The molecule has 1 aliphatic carbocycles. The number of pyridine rings is 1. The maximum atomic E-state index is 13.6. The normalized spacial score (nSPS) is 18.4. The van der Waals surface area contributed by atoms with Crippen LogP contribution in [0.25, 0.3) is 11.0 Å². The molecule has 5 rings (SSSR count). The van der Waals surface area contributed by atoms with Gasteiger partial charge in [0.25, 0.3) is 5.91 Å². The number of aromatic nitrogens is 2. The molecule has 0 atom stereocenters. The minimum absolute atomic E-state index is 0.154. The zero-order chi connectivity index (χ0) is 27.5. The number of carbonyl (C=O) groups excluding carboxylic acids is 3. The van der Waals surface area contributed by atoms with Gasteiger partial charge in [-0.2, -0.15) is 5.26 Å². The number of amides is 3. The molecule has 0 N–H and O–H groups in total. The lowest BCUT2D eigenvalue weighted by atomic mass is 9.65. The molecule has 9 heteroatoms. The molecule has 0 spiro atoms. The second-order valence-electron chi connectivity index (χ2n) is 11.5. The van der Waals surface area contributed by atoms with Crippen LogP contribution in [0.4, 0.5) is 15.3 Å². The van der Waals surface area contributed by atoms with Gasteiger partial charge in [-0.25, -0.2) is 24.0 Å². The second-order valence-corrected chi connectivity index (χ2v) is 11.5. The van der Waals surface area contributed by atoms with Crippen molar-refractivity contribution in [2.24, 2.45) is 0 Å². The molecule has 2 aromatic heterocycles. The van der Waals surface area contributed by atoms with Crippen molar-refractivity contribution in [3.05, 3.63) is 59.9 Å². The fraction of sp³-hybridized carbons (Fsp3) is 0.414. The van der Waals surface area contributed by atoms with Crippen LogP contribution in [-0.4, -0.2) is 43.6 Å². The fourth-order valence-electron chi connectivity index (χ4n) is 5.11. The first-order valence-corrected chi connectivity index (χ1v) is 12.7. The van der Waals surface area contributed by atoms with Gasteiger partial charge in [-0.3, -0.25) is 4.79 Å². The summed E-state index contributed by atoms with van der Waals surface area (Å²) in [6.07, 6.45) is 5.30. The van der Waals surface area contributed by atoms with Crippen molar-refractivity contribution in [3.63, 3.8) is 0 Å². The molecule has 0 unspecified atom stereocenters. The van der Waals surface area contributed by atoms with Crippen LogP contribution in [0.1, 0.15) is 65.0 Å². The van der Waals surface area contributed by atoms with Gasteiger partial charge in [0.15, 0.2) is 0 Å². The molecule has 9 nitrogen and oxygen atoms in total. The highest BCUT2D eigenvalue weighted by molar-refractivity contribution is 6.23. The lowest BCUT2D eigenvalue weighted by molar-refractivity contribution is -0.123. The molecule has 3 amide bonds. The Kier molecular flexibility index (Phi) is 5.82. The molecule has 0 radical (unpaired) electrons. The van der Waals surface area contributed by atoms with E-state index in [1.54, 1.807) is 71.3 Å². The summed E-state index contributed by atoms with van der Waals surface area (Å²) >= 11 is 0. The van der Waals surface area contributed by atoms with Crippen molar-refractivity contribution in [2.75, 3.05) is 4.90 Å². The summed E-state index contributed by atoms with van der Waals surface area (Å²) in [7, 11) is 0. The third-order valence-corrected chi connectivity index (χ3v) is 7.52. The maximum Gasteiger partial charge on any atom is 0.420 e. The van der Waals surface area contributed by atoms with Crippen molar-refractivity contribution < 1.29 is 19.1 Å². The topological polar surface area (TPSA) is 109 Å². The monoisotopic (exact) mass is 513 g/mol. The molecule has 2 aliphatic rings. The lowest BCUT2D eigenvalue weighted by Crippen LogP contribution is -2.43. The average Bonchev–Trinajstić information content (AvgIpc) is 3.33. The van der Waals surface area contributed by atoms with Crippen LogP contribution < -0.4 is 4.90 Å². The van der Waals surface area contributed by atoms with Crippen LogP contribution in [0.3, 0.4) is 0 Å². The van der Waals surface area contributed by atoms with E-state index in [0.29, 0.717) is 16.7 Å². The summed E-state index contributed by atoms with van der Waals surface area (Å²) in [5.74, 6) is -0.328. The fourth-order valence-corrected chi connectivity index (χ4v) is 5.11. The third-order valence-electron chi connectivity index (χ3n) is 7.52. The van der Waals surface area contributed by atoms with Crippen molar-refractivity contribution in [3.8, 4) is 6.07 Å². The summed E-state index contributed by atoms with van der Waals surface area (Å²) in [4.78, 5) is 46.9. The van der Waals surface area contributed by atoms with Crippen molar-refractivity contribution in [1.29, 1.82) is 5.26 Å². The Balaban J connectivity index is 1.43. The summed E-state index contributed by atoms with van der Waals surface area (Å²) in [6, 6.07) is 12.7. The van der Waals surface area contributed by atoms with Crippen LogP contribution in [0.5, 0.6) is 0 Å². The van der Waals surface area contributed by atoms with E-state index >= 15 is 0 Å². The van der Waals surface area contributed by atoms with Gasteiger partial charge in [-0.05, 0) is 89.3 Å². The Morgan fingerprint density at radius 2 is 1.79 bits per heavy atom. The predicted molar refractivity (Wildman–Crippen MR) is 141 cm³/mol. The molecule has 1 aliphatic heterocycles. The molecule has 1 saturated carbocycles. The molecule has 38 heavy (non-hydrogen) atoms. The van der Waals surface area contributed by atoms with Crippen molar-refractivity contribution in [2.45, 2.75) is 77.0 Å².